The monoisotopic (exact) mass is 266 g/mol. The number of anilines is 2. The molecule has 80 valence electrons. The molecular weight excluding hydrogens is 252 g/mol. The lowest BCUT2D eigenvalue weighted by atomic mass is 10.2. The third kappa shape index (κ3) is 1.85. The van der Waals surface area contributed by atoms with Gasteiger partial charge in [-0.15, -0.1) is 0 Å². The van der Waals surface area contributed by atoms with Gasteiger partial charge in [0.05, 0.1) is 11.4 Å². The van der Waals surface area contributed by atoms with E-state index in [2.05, 4.69) is 44.3 Å². The fourth-order valence-corrected chi connectivity index (χ4v) is 2.62. The summed E-state index contributed by atoms with van der Waals surface area (Å²) in [5, 5.41) is 3.51. The molecule has 0 atom stereocenters. The lowest BCUT2D eigenvalue weighted by Crippen LogP contribution is -2.26. The predicted molar refractivity (Wildman–Crippen MR) is 67.6 cm³/mol. The van der Waals surface area contributed by atoms with Gasteiger partial charge < -0.3 is 10.2 Å². The highest BCUT2D eigenvalue weighted by atomic mass is 79.9. The average Bonchev–Trinajstić information content (AvgIpc) is 3.01. The van der Waals surface area contributed by atoms with Gasteiger partial charge in [-0.25, -0.2) is 0 Å². The Bertz CT molecular complexity index is 374. The van der Waals surface area contributed by atoms with Crippen molar-refractivity contribution in [1.29, 1.82) is 0 Å². The normalized spacial score (nSPS) is 20.5. The molecule has 0 spiro atoms. The Hall–Kier alpha value is -0.700. The van der Waals surface area contributed by atoms with Gasteiger partial charge in [-0.05, 0) is 37.5 Å². The molecule has 0 bridgehead atoms. The number of halogens is 1. The van der Waals surface area contributed by atoms with Crippen LogP contribution in [0, 0.1) is 0 Å². The van der Waals surface area contributed by atoms with Gasteiger partial charge in [-0.1, -0.05) is 15.9 Å². The molecule has 1 aromatic carbocycles. The number of hydrogen-bond acceptors (Lipinski definition) is 2. The van der Waals surface area contributed by atoms with Gasteiger partial charge in [0.25, 0.3) is 0 Å². The molecule has 0 radical (unpaired) electrons. The molecule has 0 unspecified atom stereocenters. The molecule has 3 heteroatoms. The van der Waals surface area contributed by atoms with Gasteiger partial charge in [0.15, 0.2) is 0 Å². The number of nitrogens with zero attached hydrogens (tertiary/aromatic N) is 1. The lowest BCUT2D eigenvalue weighted by Gasteiger charge is -2.24. The Kier molecular flexibility index (Phi) is 2.35. The molecule has 1 aliphatic carbocycles. The fraction of sp³-hybridized carbons (Fsp3) is 0.500. The zero-order valence-corrected chi connectivity index (χ0v) is 10.3. The summed E-state index contributed by atoms with van der Waals surface area (Å²) in [7, 11) is 0. The molecule has 15 heavy (non-hydrogen) atoms. The average molecular weight is 267 g/mol. The van der Waals surface area contributed by atoms with Crippen molar-refractivity contribution in [3.63, 3.8) is 0 Å². The molecule has 1 heterocycles. The van der Waals surface area contributed by atoms with Gasteiger partial charge >= 0.3 is 0 Å². The summed E-state index contributed by atoms with van der Waals surface area (Å²) in [6.45, 7) is 2.29. The van der Waals surface area contributed by atoms with Gasteiger partial charge in [0.2, 0.25) is 0 Å². The molecule has 1 saturated carbocycles. The number of benzene rings is 1. The summed E-state index contributed by atoms with van der Waals surface area (Å²) in [5.74, 6) is 0. The Morgan fingerprint density at radius 3 is 3.00 bits per heavy atom. The summed E-state index contributed by atoms with van der Waals surface area (Å²) in [5.41, 5.74) is 2.67. The smallest absolute Gasteiger partial charge is 0.0605 e. The first-order valence-electron chi connectivity index (χ1n) is 5.65. The second-order valence-electron chi connectivity index (χ2n) is 4.37. The molecule has 3 rings (SSSR count). The van der Waals surface area contributed by atoms with E-state index in [0.717, 1.165) is 17.1 Å². The molecular formula is C12H15BrN2. The van der Waals surface area contributed by atoms with E-state index < -0.39 is 0 Å². The van der Waals surface area contributed by atoms with Crippen LogP contribution < -0.4 is 10.2 Å². The van der Waals surface area contributed by atoms with Crippen molar-refractivity contribution in [3.8, 4) is 0 Å². The van der Waals surface area contributed by atoms with Crippen molar-refractivity contribution in [2.75, 3.05) is 23.3 Å². The van der Waals surface area contributed by atoms with E-state index in [1.807, 2.05) is 0 Å². The van der Waals surface area contributed by atoms with E-state index in [1.54, 1.807) is 0 Å². The minimum Gasteiger partial charge on any atom is -0.383 e. The van der Waals surface area contributed by atoms with Crippen LogP contribution in [-0.2, 0) is 0 Å². The number of fused-ring (bicyclic) bond motifs is 1. The molecule has 1 N–H and O–H groups in total. The second-order valence-corrected chi connectivity index (χ2v) is 5.28. The Labute approximate surface area is 98.8 Å². The summed E-state index contributed by atoms with van der Waals surface area (Å²) in [4.78, 5) is 2.57. The van der Waals surface area contributed by atoms with Crippen LogP contribution in [0.2, 0.25) is 0 Å². The Balaban J connectivity index is 2.00. The number of rotatable bonds is 1. The lowest BCUT2D eigenvalue weighted by molar-refractivity contribution is 0.760. The largest absolute Gasteiger partial charge is 0.383 e. The molecule has 0 aromatic heterocycles. The first-order valence-corrected chi connectivity index (χ1v) is 6.44. The molecule has 0 amide bonds. The molecule has 1 fully saturated rings. The van der Waals surface area contributed by atoms with E-state index in [1.165, 1.54) is 37.2 Å². The number of hydrogen-bond donors (Lipinski definition) is 1. The fourth-order valence-electron chi connectivity index (χ4n) is 2.26. The van der Waals surface area contributed by atoms with Crippen molar-refractivity contribution in [3.05, 3.63) is 22.7 Å². The summed E-state index contributed by atoms with van der Waals surface area (Å²) in [6, 6.07) is 7.37. The zero-order chi connectivity index (χ0) is 10.3. The van der Waals surface area contributed by atoms with E-state index in [0.29, 0.717) is 0 Å². The Morgan fingerprint density at radius 2 is 2.20 bits per heavy atom. The first kappa shape index (κ1) is 9.52. The van der Waals surface area contributed by atoms with Crippen LogP contribution in [0.4, 0.5) is 11.4 Å². The van der Waals surface area contributed by atoms with E-state index in [-0.39, 0.29) is 0 Å². The first-order chi connectivity index (χ1) is 7.34. The van der Waals surface area contributed by atoms with Crippen molar-refractivity contribution >= 4 is 27.3 Å². The standard InChI is InChI=1S/C12H15BrN2/c13-9-2-5-12-11(8-9)14-6-1-7-15(12)10-3-4-10/h2,5,8,10,14H,1,3-4,6-7H2. The van der Waals surface area contributed by atoms with Crippen LogP contribution in [-0.4, -0.2) is 19.1 Å². The SMILES string of the molecule is Brc1ccc2c(c1)NCCCN2C1CC1. The van der Waals surface area contributed by atoms with Crippen molar-refractivity contribution in [1.82, 2.24) is 0 Å². The third-order valence-electron chi connectivity index (χ3n) is 3.15. The summed E-state index contributed by atoms with van der Waals surface area (Å²) < 4.78 is 1.16. The van der Waals surface area contributed by atoms with Gasteiger partial charge in [-0.3, -0.25) is 0 Å². The van der Waals surface area contributed by atoms with Gasteiger partial charge in [0.1, 0.15) is 0 Å². The maximum atomic E-state index is 3.53. The summed E-state index contributed by atoms with van der Waals surface area (Å²) >= 11 is 3.53. The maximum Gasteiger partial charge on any atom is 0.0605 e. The van der Waals surface area contributed by atoms with E-state index >= 15 is 0 Å². The molecule has 1 aliphatic heterocycles. The molecule has 0 saturated heterocycles. The van der Waals surface area contributed by atoms with Crippen LogP contribution in [0.3, 0.4) is 0 Å². The quantitative estimate of drug-likeness (QED) is 0.840. The second kappa shape index (κ2) is 3.71. The minimum absolute atomic E-state index is 0.810. The highest BCUT2D eigenvalue weighted by molar-refractivity contribution is 9.10. The summed E-state index contributed by atoms with van der Waals surface area (Å²) in [6.07, 6.45) is 3.98. The predicted octanol–water partition coefficient (Wildman–Crippen LogP) is 3.23. The molecule has 2 aliphatic rings. The zero-order valence-electron chi connectivity index (χ0n) is 8.67. The highest BCUT2D eigenvalue weighted by Gasteiger charge is 2.30. The van der Waals surface area contributed by atoms with Crippen LogP contribution in [0.1, 0.15) is 19.3 Å². The minimum atomic E-state index is 0.810. The van der Waals surface area contributed by atoms with E-state index in [4.69, 9.17) is 0 Å². The topological polar surface area (TPSA) is 15.3 Å². The van der Waals surface area contributed by atoms with Gasteiger partial charge in [0, 0.05) is 23.6 Å². The van der Waals surface area contributed by atoms with Crippen LogP contribution in [0.5, 0.6) is 0 Å². The third-order valence-corrected chi connectivity index (χ3v) is 3.64. The van der Waals surface area contributed by atoms with Crippen molar-refractivity contribution in [2.45, 2.75) is 25.3 Å². The van der Waals surface area contributed by atoms with E-state index in [9.17, 15) is 0 Å². The maximum absolute atomic E-state index is 3.53. The highest BCUT2D eigenvalue weighted by Crippen LogP contribution is 2.38. The van der Waals surface area contributed by atoms with Crippen LogP contribution in [0.15, 0.2) is 22.7 Å². The molecule has 2 nitrogen and oxygen atoms in total. The van der Waals surface area contributed by atoms with Gasteiger partial charge in [-0.2, -0.15) is 0 Å². The van der Waals surface area contributed by atoms with Crippen LogP contribution >= 0.6 is 15.9 Å². The number of nitrogens with one attached hydrogen (secondary N) is 1. The molecule has 1 aromatic rings. The van der Waals surface area contributed by atoms with Crippen molar-refractivity contribution < 1.29 is 0 Å². The Morgan fingerprint density at radius 1 is 1.33 bits per heavy atom. The van der Waals surface area contributed by atoms with Crippen LogP contribution in [0.25, 0.3) is 0 Å². The van der Waals surface area contributed by atoms with Crippen molar-refractivity contribution in [2.24, 2.45) is 0 Å².